The summed E-state index contributed by atoms with van der Waals surface area (Å²) >= 11 is 0. The summed E-state index contributed by atoms with van der Waals surface area (Å²) in [6.07, 6.45) is 4.22. The third-order valence-corrected chi connectivity index (χ3v) is 5.67. The molecule has 0 unspecified atom stereocenters. The topological polar surface area (TPSA) is 87.7 Å². The van der Waals surface area contributed by atoms with Gasteiger partial charge in [0.15, 0.2) is 5.82 Å². The molecule has 2 aromatic heterocycles. The Labute approximate surface area is 165 Å². The largest absolute Gasteiger partial charge is 0.387 e. The highest BCUT2D eigenvalue weighted by atomic mass is 16.2. The van der Waals surface area contributed by atoms with E-state index in [-0.39, 0.29) is 5.91 Å². The second kappa shape index (κ2) is 7.22. The smallest absolute Gasteiger partial charge is 0.223 e. The van der Waals surface area contributed by atoms with Crippen LogP contribution in [0.25, 0.3) is 0 Å². The summed E-state index contributed by atoms with van der Waals surface area (Å²) < 4.78 is 0. The predicted octanol–water partition coefficient (Wildman–Crippen LogP) is 2.47. The first kappa shape index (κ1) is 18.4. The summed E-state index contributed by atoms with van der Waals surface area (Å²) in [5.74, 6) is 1.72. The van der Waals surface area contributed by atoms with E-state index in [9.17, 15) is 4.79 Å². The van der Waals surface area contributed by atoms with Crippen LogP contribution in [-0.2, 0) is 17.9 Å². The van der Waals surface area contributed by atoms with Crippen LogP contribution in [0.3, 0.4) is 0 Å². The van der Waals surface area contributed by atoms with Crippen molar-refractivity contribution < 1.29 is 4.79 Å². The molecule has 1 saturated heterocycles. The van der Waals surface area contributed by atoms with Gasteiger partial charge in [0.25, 0.3) is 0 Å². The second-order valence-corrected chi connectivity index (χ2v) is 7.79. The fourth-order valence-corrected chi connectivity index (χ4v) is 3.97. The Bertz CT molecular complexity index is 930. The lowest BCUT2D eigenvalue weighted by Gasteiger charge is -2.41. The number of anilines is 1. The van der Waals surface area contributed by atoms with Gasteiger partial charge in [-0.3, -0.25) is 9.78 Å². The van der Waals surface area contributed by atoms with Gasteiger partial charge >= 0.3 is 0 Å². The Hall–Kier alpha value is -2.96. The first-order valence-corrected chi connectivity index (χ1v) is 9.65. The second-order valence-electron chi connectivity index (χ2n) is 7.79. The highest BCUT2D eigenvalue weighted by Gasteiger charge is 2.33. The Morgan fingerprint density at radius 1 is 1.29 bits per heavy atom. The number of carbonyl (C=O) groups excluding carboxylic acids is 1. The third kappa shape index (κ3) is 3.44. The van der Waals surface area contributed by atoms with Crippen molar-refractivity contribution in [2.75, 3.05) is 18.0 Å². The fraction of sp³-hybridized carbons (Fsp3) is 0.429. The average molecular weight is 378 g/mol. The van der Waals surface area contributed by atoms with E-state index in [1.807, 2.05) is 24.1 Å². The van der Waals surface area contributed by atoms with Crippen LogP contribution in [-0.4, -0.2) is 39.7 Å². The molecular formula is C21H26N6O. The van der Waals surface area contributed by atoms with Crippen molar-refractivity contribution in [2.45, 2.75) is 40.3 Å². The monoisotopic (exact) mass is 378 g/mol. The molecule has 7 heteroatoms. The number of fused-ring (bicyclic) bond motifs is 1. The van der Waals surface area contributed by atoms with Crippen LogP contribution in [0.5, 0.6) is 0 Å². The lowest BCUT2D eigenvalue weighted by molar-refractivity contribution is -0.133. The quantitative estimate of drug-likeness (QED) is 0.652. The Balaban J connectivity index is 1.42. The molecule has 0 saturated carbocycles. The van der Waals surface area contributed by atoms with E-state index in [0.29, 0.717) is 37.1 Å². The number of amides is 1. The zero-order chi connectivity index (χ0) is 19.8. The summed E-state index contributed by atoms with van der Waals surface area (Å²) in [4.78, 5) is 30.2. The number of amidine groups is 1. The van der Waals surface area contributed by atoms with Gasteiger partial charge in [-0.15, -0.1) is 0 Å². The van der Waals surface area contributed by atoms with E-state index in [1.165, 1.54) is 5.56 Å². The van der Waals surface area contributed by atoms with Crippen LogP contribution < -0.4 is 10.6 Å². The highest BCUT2D eigenvalue weighted by Crippen LogP contribution is 2.35. The lowest BCUT2D eigenvalue weighted by atomic mass is 9.95. The van der Waals surface area contributed by atoms with Crippen molar-refractivity contribution in [2.24, 2.45) is 16.6 Å². The molecule has 2 aliphatic heterocycles. The number of aliphatic imine (C=N–C) groups is 1. The number of carbonyl (C=O) groups is 1. The maximum atomic E-state index is 12.9. The van der Waals surface area contributed by atoms with Gasteiger partial charge in [-0.25, -0.2) is 9.98 Å². The number of pyridine rings is 2. The van der Waals surface area contributed by atoms with Crippen molar-refractivity contribution in [3.8, 4) is 0 Å². The number of hydrogen-bond acceptors (Lipinski definition) is 5. The minimum Gasteiger partial charge on any atom is -0.387 e. The number of nitrogens with zero attached hydrogens (tertiary/aromatic N) is 5. The molecule has 0 atom stereocenters. The van der Waals surface area contributed by atoms with Crippen LogP contribution in [0.1, 0.15) is 35.7 Å². The van der Waals surface area contributed by atoms with Gasteiger partial charge in [-0.1, -0.05) is 0 Å². The first-order chi connectivity index (χ1) is 13.4. The lowest BCUT2D eigenvalue weighted by Crippen LogP contribution is -2.48. The number of rotatable bonds is 4. The van der Waals surface area contributed by atoms with Gasteiger partial charge in [-0.05, 0) is 44.0 Å². The molecule has 1 fully saturated rings. The van der Waals surface area contributed by atoms with Crippen molar-refractivity contribution >= 4 is 23.2 Å². The van der Waals surface area contributed by atoms with Crippen molar-refractivity contribution in [1.29, 1.82) is 0 Å². The first-order valence-electron chi connectivity index (χ1n) is 9.65. The molecular weight excluding hydrogens is 352 g/mol. The predicted molar refractivity (Wildman–Crippen MR) is 109 cm³/mol. The van der Waals surface area contributed by atoms with E-state index < -0.39 is 0 Å². The van der Waals surface area contributed by atoms with Gasteiger partial charge in [0.2, 0.25) is 5.91 Å². The van der Waals surface area contributed by atoms with Crippen molar-refractivity contribution in [3.05, 3.63) is 46.9 Å². The van der Waals surface area contributed by atoms with Crippen molar-refractivity contribution in [1.82, 2.24) is 14.9 Å². The zero-order valence-corrected chi connectivity index (χ0v) is 16.6. The van der Waals surface area contributed by atoms with Crippen LogP contribution in [0, 0.1) is 19.8 Å². The molecule has 0 spiro atoms. The van der Waals surface area contributed by atoms with Crippen LogP contribution >= 0.6 is 0 Å². The molecule has 1 amide bonds. The van der Waals surface area contributed by atoms with Crippen LogP contribution in [0.15, 0.2) is 29.5 Å². The molecule has 2 N–H and O–H groups in total. The standard InChI is InChI=1S/C21H26N6O/c1-13-14(2)24-21(25-15(3)22)19-12-27(11-18(13)19)20(28)7-16-9-26(10-16)17-5-4-6-23-8-17/h4-6,8,16H,7,9-12H2,1-3H3,(H2,22,24,25). The summed E-state index contributed by atoms with van der Waals surface area (Å²) in [6, 6.07) is 4.00. The van der Waals surface area contributed by atoms with Gasteiger partial charge in [0, 0.05) is 49.4 Å². The number of aryl methyl sites for hydroxylation is 1. The minimum absolute atomic E-state index is 0.198. The van der Waals surface area contributed by atoms with E-state index in [0.717, 1.165) is 35.6 Å². The molecule has 28 heavy (non-hydrogen) atoms. The van der Waals surface area contributed by atoms with Crippen LogP contribution in [0.4, 0.5) is 11.5 Å². The molecule has 2 aromatic rings. The molecule has 0 aromatic carbocycles. The van der Waals surface area contributed by atoms with Gasteiger partial charge in [0.1, 0.15) is 0 Å². The Morgan fingerprint density at radius 3 is 2.71 bits per heavy atom. The normalized spacial score (nSPS) is 16.9. The molecule has 7 nitrogen and oxygen atoms in total. The molecule has 0 aliphatic carbocycles. The highest BCUT2D eigenvalue weighted by molar-refractivity contribution is 5.81. The Kier molecular flexibility index (Phi) is 4.75. The van der Waals surface area contributed by atoms with Crippen LogP contribution in [0.2, 0.25) is 0 Å². The van der Waals surface area contributed by atoms with E-state index in [1.54, 1.807) is 13.1 Å². The molecule has 2 aliphatic rings. The number of hydrogen-bond donors (Lipinski definition) is 1. The van der Waals surface area contributed by atoms with E-state index in [4.69, 9.17) is 5.73 Å². The third-order valence-electron chi connectivity index (χ3n) is 5.67. The zero-order valence-electron chi connectivity index (χ0n) is 16.6. The molecule has 4 heterocycles. The molecule has 0 bridgehead atoms. The maximum Gasteiger partial charge on any atom is 0.223 e. The Morgan fingerprint density at radius 2 is 2.04 bits per heavy atom. The summed E-state index contributed by atoms with van der Waals surface area (Å²) in [5, 5.41) is 0. The van der Waals surface area contributed by atoms with Gasteiger partial charge in [0.05, 0.1) is 24.3 Å². The number of nitrogens with two attached hydrogens (primary N) is 1. The minimum atomic E-state index is 0.198. The summed E-state index contributed by atoms with van der Waals surface area (Å²) in [5.41, 5.74) is 11.2. The van der Waals surface area contributed by atoms with Crippen molar-refractivity contribution in [3.63, 3.8) is 0 Å². The van der Waals surface area contributed by atoms with Gasteiger partial charge < -0.3 is 15.5 Å². The molecule has 0 radical (unpaired) electrons. The summed E-state index contributed by atoms with van der Waals surface area (Å²) in [6.45, 7) is 8.80. The molecule has 146 valence electrons. The van der Waals surface area contributed by atoms with E-state index >= 15 is 0 Å². The van der Waals surface area contributed by atoms with E-state index in [2.05, 4.69) is 32.9 Å². The number of aromatic nitrogens is 2. The SMILES string of the molecule is CC(N)=Nc1nc(C)c(C)c2c1CN(C(=O)CC1CN(c3cccnc3)C1)C2. The average Bonchev–Trinajstić information content (AvgIpc) is 3.08. The van der Waals surface area contributed by atoms with Gasteiger partial charge in [-0.2, -0.15) is 0 Å². The maximum absolute atomic E-state index is 12.9. The summed E-state index contributed by atoms with van der Waals surface area (Å²) in [7, 11) is 0. The fourth-order valence-electron chi connectivity index (χ4n) is 3.97. The molecule has 4 rings (SSSR count).